The summed E-state index contributed by atoms with van der Waals surface area (Å²) in [6, 6.07) is 0.373. The predicted molar refractivity (Wildman–Crippen MR) is 111 cm³/mol. The number of aliphatic imine (C=N–C) groups is 1. The van der Waals surface area contributed by atoms with E-state index < -0.39 is 0 Å². The van der Waals surface area contributed by atoms with E-state index in [-0.39, 0.29) is 29.9 Å². The van der Waals surface area contributed by atoms with Crippen LogP contribution in [0.15, 0.2) is 4.99 Å². The Morgan fingerprint density at radius 2 is 1.92 bits per heavy atom. The highest BCUT2D eigenvalue weighted by Gasteiger charge is 2.15. The Hall–Kier alpha value is -0.610. The van der Waals surface area contributed by atoms with E-state index >= 15 is 0 Å². The molecule has 1 saturated heterocycles. The van der Waals surface area contributed by atoms with Gasteiger partial charge in [-0.05, 0) is 19.3 Å². The molecule has 1 heterocycles. The molecule has 0 unspecified atom stereocenters. The van der Waals surface area contributed by atoms with Gasteiger partial charge in [0.15, 0.2) is 5.96 Å². The Bertz CT molecular complexity index is 396. The average molecular weight is 467 g/mol. The smallest absolute Gasteiger partial charge is 0.221 e. The maximum atomic E-state index is 11.9. The first-order chi connectivity index (χ1) is 11.7. The summed E-state index contributed by atoms with van der Waals surface area (Å²) in [5.74, 6) is 0.539. The topological polar surface area (TPSA) is 92.0 Å². The molecule has 7 nitrogen and oxygen atoms in total. The summed E-state index contributed by atoms with van der Waals surface area (Å²) >= 11 is 0. The zero-order valence-corrected chi connectivity index (χ0v) is 17.5. The van der Waals surface area contributed by atoms with Gasteiger partial charge in [-0.3, -0.25) is 14.7 Å². The molecule has 0 bridgehead atoms. The number of amides is 1. The fourth-order valence-corrected chi connectivity index (χ4v) is 3.23. The normalized spacial score (nSPS) is 19.9. The van der Waals surface area contributed by atoms with E-state index in [0.717, 1.165) is 52.1 Å². The molecule has 0 aromatic heterocycles. The SMILES string of the molecule is I.NC(=NCCCN1CCOCC1)NCCC(=O)NC1CCCCC1. The van der Waals surface area contributed by atoms with Gasteiger partial charge in [0.05, 0.1) is 13.2 Å². The number of nitrogens with two attached hydrogens (primary N) is 1. The van der Waals surface area contributed by atoms with E-state index in [0.29, 0.717) is 31.5 Å². The molecule has 0 atom stereocenters. The van der Waals surface area contributed by atoms with Crippen LogP contribution in [0.25, 0.3) is 0 Å². The van der Waals surface area contributed by atoms with Crippen LogP contribution in [0, 0.1) is 0 Å². The number of nitrogens with one attached hydrogen (secondary N) is 2. The van der Waals surface area contributed by atoms with Crippen LogP contribution in [-0.4, -0.2) is 68.7 Å². The average Bonchev–Trinajstić information content (AvgIpc) is 2.60. The maximum Gasteiger partial charge on any atom is 0.221 e. The molecule has 8 heteroatoms. The molecule has 1 saturated carbocycles. The molecule has 146 valence electrons. The third-order valence-electron chi connectivity index (χ3n) is 4.65. The first kappa shape index (κ1) is 22.4. The number of morpholine rings is 1. The minimum absolute atomic E-state index is 0. The van der Waals surface area contributed by atoms with E-state index in [1.165, 1.54) is 19.3 Å². The molecule has 0 radical (unpaired) electrons. The fourth-order valence-electron chi connectivity index (χ4n) is 3.23. The number of hydrogen-bond donors (Lipinski definition) is 3. The molecule has 2 fully saturated rings. The van der Waals surface area contributed by atoms with Crippen LogP contribution in [0.4, 0.5) is 0 Å². The van der Waals surface area contributed by atoms with Crippen molar-refractivity contribution in [2.75, 3.05) is 45.9 Å². The molecule has 0 spiro atoms. The lowest BCUT2D eigenvalue weighted by Gasteiger charge is -2.26. The van der Waals surface area contributed by atoms with Crippen LogP contribution < -0.4 is 16.4 Å². The fraction of sp³-hybridized carbons (Fsp3) is 0.882. The van der Waals surface area contributed by atoms with Crippen LogP contribution in [0.5, 0.6) is 0 Å². The first-order valence-electron chi connectivity index (χ1n) is 9.37. The highest BCUT2D eigenvalue weighted by atomic mass is 127. The minimum Gasteiger partial charge on any atom is -0.379 e. The summed E-state index contributed by atoms with van der Waals surface area (Å²) in [7, 11) is 0. The second kappa shape index (κ2) is 13.6. The van der Waals surface area contributed by atoms with Gasteiger partial charge in [-0.15, -0.1) is 24.0 Å². The predicted octanol–water partition coefficient (Wildman–Crippen LogP) is 1.07. The number of ether oxygens (including phenoxy) is 1. The lowest BCUT2D eigenvalue weighted by atomic mass is 9.95. The summed E-state index contributed by atoms with van der Waals surface area (Å²) in [4.78, 5) is 18.6. The van der Waals surface area contributed by atoms with E-state index in [1.807, 2.05) is 0 Å². The minimum atomic E-state index is 0. The zero-order chi connectivity index (χ0) is 17.0. The Balaban J connectivity index is 0.00000312. The third kappa shape index (κ3) is 10.2. The van der Waals surface area contributed by atoms with Crippen molar-refractivity contribution in [1.82, 2.24) is 15.5 Å². The van der Waals surface area contributed by atoms with Crippen molar-refractivity contribution in [2.24, 2.45) is 10.7 Å². The van der Waals surface area contributed by atoms with Gasteiger partial charge in [0.2, 0.25) is 5.91 Å². The van der Waals surface area contributed by atoms with Gasteiger partial charge in [-0.25, -0.2) is 0 Å². The van der Waals surface area contributed by atoms with Gasteiger partial charge in [0.25, 0.3) is 0 Å². The number of hydrogen-bond acceptors (Lipinski definition) is 4. The standard InChI is InChI=1S/C17H33N5O2.HI/c18-17(19-8-4-10-22-11-13-24-14-12-22)20-9-7-16(23)21-15-5-2-1-3-6-15;/h15H,1-14H2,(H,21,23)(H3,18,19,20);1H. The summed E-state index contributed by atoms with van der Waals surface area (Å²) < 4.78 is 5.32. The molecule has 2 rings (SSSR count). The van der Waals surface area contributed by atoms with Gasteiger partial charge in [-0.1, -0.05) is 19.3 Å². The molecule has 1 amide bonds. The Morgan fingerprint density at radius 1 is 1.20 bits per heavy atom. The number of halogens is 1. The summed E-state index contributed by atoms with van der Waals surface area (Å²) in [6.07, 6.45) is 7.43. The third-order valence-corrected chi connectivity index (χ3v) is 4.65. The monoisotopic (exact) mass is 467 g/mol. The molecule has 0 aromatic rings. The molecule has 4 N–H and O–H groups in total. The van der Waals surface area contributed by atoms with E-state index in [4.69, 9.17) is 10.5 Å². The summed E-state index contributed by atoms with van der Waals surface area (Å²) in [6.45, 7) is 5.96. The second-order valence-corrected chi connectivity index (χ2v) is 6.65. The number of carbonyl (C=O) groups is 1. The Morgan fingerprint density at radius 3 is 2.64 bits per heavy atom. The Labute approximate surface area is 168 Å². The summed E-state index contributed by atoms with van der Waals surface area (Å²) in [5, 5.41) is 6.13. The highest BCUT2D eigenvalue weighted by Crippen LogP contribution is 2.17. The van der Waals surface area contributed by atoms with Gasteiger partial charge < -0.3 is 21.1 Å². The molecule has 2 aliphatic rings. The van der Waals surface area contributed by atoms with Crippen molar-refractivity contribution in [3.05, 3.63) is 0 Å². The van der Waals surface area contributed by atoms with Gasteiger partial charge in [0, 0.05) is 45.2 Å². The van der Waals surface area contributed by atoms with Gasteiger partial charge in [0.1, 0.15) is 0 Å². The van der Waals surface area contributed by atoms with Crippen LogP contribution in [0.2, 0.25) is 0 Å². The lowest BCUT2D eigenvalue weighted by Crippen LogP contribution is -2.39. The van der Waals surface area contributed by atoms with Crippen molar-refractivity contribution in [1.29, 1.82) is 0 Å². The quantitative estimate of drug-likeness (QED) is 0.215. The first-order valence-corrected chi connectivity index (χ1v) is 9.37. The number of rotatable bonds is 8. The molecule has 1 aliphatic heterocycles. The molecule has 0 aromatic carbocycles. The van der Waals surface area contributed by atoms with Crippen molar-refractivity contribution in [3.63, 3.8) is 0 Å². The van der Waals surface area contributed by atoms with Crippen LogP contribution in [-0.2, 0) is 9.53 Å². The number of nitrogens with zero attached hydrogens (tertiary/aromatic N) is 2. The highest BCUT2D eigenvalue weighted by molar-refractivity contribution is 14.0. The number of carbonyl (C=O) groups excluding carboxylic acids is 1. The largest absolute Gasteiger partial charge is 0.379 e. The second-order valence-electron chi connectivity index (χ2n) is 6.65. The van der Waals surface area contributed by atoms with E-state index in [1.54, 1.807) is 0 Å². The van der Waals surface area contributed by atoms with Crippen LogP contribution >= 0.6 is 24.0 Å². The maximum absolute atomic E-state index is 11.9. The van der Waals surface area contributed by atoms with Crippen molar-refractivity contribution in [3.8, 4) is 0 Å². The lowest BCUT2D eigenvalue weighted by molar-refractivity contribution is -0.121. The van der Waals surface area contributed by atoms with Crippen molar-refractivity contribution in [2.45, 2.75) is 51.0 Å². The molecule has 25 heavy (non-hydrogen) atoms. The summed E-state index contributed by atoms with van der Waals surface area (Å²) in [5.41, 5.74) is 5.84. The van der Waals surface area contributed by atoms with Gasteiger partial charge in [-0.2, -0.15) is 0 Å². The molecular formula is C17H34IN5O2. The number of guanidine groups is 1. The van der Waals surface area contributed by atoms with Gasteiger partial charge >= 0.3 is 0 Å². The Kier molecular flexibility index (Phi) is 12.2. The van der Waals surface area contributed by atoms with E-state index in [2.05, 4.69) is 20.5 Å². The molecular weight excluding hydrogens is 433 g/mol. The van der Waals surface area contributed by atoms with Crippen molar-refractivity contribution >= 4 is 35.8 Å². The van der Waals surface area contributed by atoms with Crippen LogP contribution in [0.3, 0.4) is 0 Å². The zero-order valence-electron chi connectivity index (χ0n) is 15.2. The van der Waals surface area contributed by atoms with Crippen LogP contribution in [0.1, 0.15) is 44.9 Å². The van der Waals surface area contributed by atoms with E-state index in [9.17, 15) is 4.79 Å². The molecule has 1 aliphatic carbocycles. The van der Waals surface area contributed by atoms with Crippen molar-refractivity contribution < 1.29 is 9.53 Å².